The predicted molar refractivity (Wildman–Crippen MR) is 63.1 cm³/mol. The Labute approximate surface area is 100 Å². The lowest BCUT2D eigenvalue weighted by molar-refractivity contribution is 0.268. The van der Waals surface area contributed by atoms with Crippen LogP contribution in [0.5, 0.6) is 0 Å². The number of rotatable bonds is 2. The van der Waals surface area contributed by atoms with Gasteiger partial charge in [0, 0.05) is 8.95 Å². The minimum atomic E-state index is -0.297. The molecule has 0 aromatic heterocycles. The molecule has 0 saturated carbocycles. The summed E-state index contributed by atoms with van der Waals surface area (Å²) in [5.41, 5.74) is 6.55. The van der Waals surface area contributed by atoms with Gasteiger partial charge in [-0.25, -0.2) is 0 Å². The first kappa shape index (κ1) is 13.4. The normalized spacial score (nSPS) is 12.0. The number of benzene rings is 1. The molecule has 0 bridgehead atoms. The molecule has 0 saturated heterocycles. The Morgan fingerprint density at radius 2 is 1.92 bits per heavy atom. The Kier molecular flexibility index (Phi) is 6.16. The summed E-state index contributed by atoms with van der Waals surface area (Å²) in [5, 5.41) is 8.80. The fourth-order valence-electron chi connectivity index (χ4n) is 0.848. The average molecular weight is 331 g/mol. The molecule has 0 radical (unpaired) electrons. The van der Waals surface area contributed by atoms with Crippen LogP contribution in [0.3, 0.4) is 0 Å². The zero-order valence-corrected chi connectivity index (χ0v) is 10.7. The Balaban J connectivity index is 0.00000144. The van der Waals surface area contributed by atoms with Crippen LogP contribution in [0.25, 0.3) is 0 Å². The summed E-state index contributed by atoms with van der Waals surface area (Å²) in [7, 11) is 0. The van der Waals surface area contributed by atoms with Crippen molar-refractivity contribution < 1.29 is 5.11 Å². The monoisotopic (exact) mass is 329 g/mol. The second-order valence-electron chi connectivity index (χ2n) is 2.46. The summed E-state index contributed by atoms with van der Waals surface area (Å²) < 4.78 is 1.93. The molecule has 1 aromatic carbocycles. The Morgan fingerprint density at radius 3 is 2.38 bits per heavy atom. The van der Waals surface area contributed by atoms with Crippen molar-refractivity contribution >= 4 is 44.3 Å². The minimum absolute atomic E-state index is 0. The van der Waals surface area contributed by atoms with E-state index in [2.05, 4.69) is 31.9 Å². The van der Waals surface area contributed by atoms with E-state index >= 15 is 0 Å². The van der Waals surface area contributed by atoms with Gasteiger partial charge < -0.3 is 10.8 Å². The molecule has 74 valence electrons. The van der Waals surface area contributed by atoms with Gasteiger partial charge in [0.2, 0.25) is 0 Å². The van der Waals surface area contributed by atoms with E-state index in [0.29, 0.717) is 0 Å². The summed E-state index contributed by atoms with van der Waals surface area (Å²) in [6.07, 6.45) is 0. The van der Waals surface area contributed by atoms with Crippen LogP contribution in [0.4, 0.5) is 0 Å². The fraction of sp³-hybridized carbons (Fsp3) is 0.250. The third kappa shape index (κ3) is 3.56. The van der Waals surface area contributed by atoms with Crippen molar-refractivity contribution in [2.24, 2.45) is 5.73 Å². The van der Waals surface area contributed by atoms with Crippen LogP contribution in [-0.4, -0.2) is 11.7 Å². The zero-order valence-electron chi connectivity index (χ0n) is 6.71. The first-order valence-corrected chi connectivity index (χ1v) is 5.05. The Hall–Kier alpha value is 0.390. The molecular weight excluding hydrogens is 321 g/mol. The van der Waals surface area contributed by atoms with Crippen molar-refractivity contribution in [3.63, 3.8) is 0 Å². The van der Waals surface area contributed by atoms with Crippen LogP contribution in [0.2, 0.25) is 0 Å². The zero-order chi connectivity index (χ0) is 9.14. The summed E-state index contributed by atoms with van der Waals surface area (Å²) >= 11 is 6.71. The third-order valence-electron chi connectivity index (χ3n) is 1.57. The highest BCUT2D eigenvalue weighted by molar-refractivity contribution is 9.13. The molecule has 0 spiro atoms. The number of nitrogens with two attached hydrogens (primary N) is 1. The van der Waals surface area contributed by atoms with E-state index in [1.54, 1.807) is 0 Å². The molecule has 0 heterocycles. The van der Waals surface area contributed by atoms with Crippen molar-refractivity contribution in [1.82, 2.24) is 0 Å². The van der Waals surface area contributed by atoms with Gasteiger partial charge >= 0.3 is 0 Å². The van der Waals surface area contributed by atoms with Gasteiger partial charge in [-0.2, -0.15) is 0 Å². The van der Waals surface area contributed by atoms with Gasteiger partial charge in [0.15, 0.2) is 0 Å². The molecule has 0 amide bonds. The highest BCUT2D eigenvalue weighted by atomic mass is 79.9. The molecule has 13 heavy (non-hydrogen) atoms. The molecule has 5 heteroatoms. The topological polar surface area (TPSA) is 46.2 Å². The molecule has 2 nitrogen and oxygen atoms in total. The van der Waals surface area contributed by atoms with Gasteiger partial charge in [-0.15, -0.1) is 12.4 Å². The summed E-state index contributed by atoms with van der Waals surface area (Å²) in [6, 6.07) is 5.38. The number of aliphatic hydroxyl groups excluding tert-OH is 1. The van der Waals surface area contributed by atoms with Crippen LogP contribution in [0.15, 0.2) is 27.1 Å². The van der Waals surface area contributed by atoms with E-state index in [4.69, 9.17) is 10.8 Å². The Bertz CT molecular complexity index is 283. The lowest BCUT2D eigenvalue weighted by Gasteiger charge is -2.08. The largest absolute Gasteiger partial charge is 0.394 e. The van der Waals surface area contributed by atoms with E-state index in [1.807, 2.05) is 18.2 Å². The number of aliphatic hydroxyl groups is 1. The molecule has 1 rings (SSSR count). The van der Waals surface area contributed by atoms with Gasteiger partial charge in [-0.1, -0.05) is 6.07 Å². The molecular formula is C8H10Br2ClNO. The van der Waals surface area contributed by atoms with Crippen LogP contribution in [0, 0.1) is 0 Å². The van der Waals surface area contributed by atoms with Crippen molar-refractivity contribution in [3.05, 3.63) is 32.7 Å². The summed E-state index contributed by atoms with van der Waals surface area (Å²) in [5.74, 6) is 0. The van der Waals surface area contributed by atoms with Gasteiger partial charge in [0.1, 0.15) is 0 Å². The van der Waals surface area contributed by atoms with E-state index in [-0.39, 0.29) is 25.1 Å². The van der Waals surface area contributed by atoms with Crippen LogP contribution >= 0.6 is 44.3 Å². The molecule has 1 atom stereocenters. The SMILES string of the molecule is Cl.N[C@H](CO)c1ccc(Br)c(Br)c1. The third-order valence-corrected chi connectivity index (χ3v) is 3.45. The lowest BCUT2D eigenvalue weighted by Crippen LogP contribution is -2.14. The molecule has 1 aromatic rings. The van der Waals surface area contributed by atoms with Gasteiger partial charge in [0.05, 0.1) is 12.6 Å². The number of hydrogen-bond donors (Lipinski definition) is 2. The van der Waals surface area contributed by atoms with E-state index in [9.17, 15) is 0 Å². The van der Waals surface area contributed by atoms with E-state index in [1.165, 1.54) is 0 Å². The van der Waals surface area contributed by atoms with Crippen LogP contribution in [-0.2, 0) is 0 Å². The molecule has 0 aliphatic heterocycles. The molecule has 0 aliphatic rings. The molecule has 0 fully saturated rings. The smallest absolute Gasteiger partial charge is 0.0624 e. The number of hydrogen-bond acceptors (Lipinski definition) is 2. The average Bonchev–Trinajstić information content (AvgIpc) is 2.08. The second kappa shape index (κ2) is 5.98. The number of halogens is 3. The molecule has 0 aliphatic carbocycles. The van der Waals surface area contributed by atoms with E-state index in [0.717, 1.165) is 14.5 Å². The second-order valence-corrected chi connectivity index (χ2v) is 4.17. The maximum absolute atomic E-state index is 8.80. The lowest BCUT2D eigenvalue weighted by atomic mass is 10.1. The van der Waals surface area contributed by atoms with Crippen molar-refractivity contribution in [3.8, 4) is 0 Å². The minimum Gasteiger partial charge on any atom is -0.394 e. The molecule has 3 N–H and O–H groups in total. The van der Waals surface area contributed by atoms with E-state index < -0.39 is 0 Å². The molecule has 0 unspecified atom stereocenters. The maximum atomic E-state index is 8.80. The van der Waals surface area contributed by atoms with Gasteiger partial charge in [-0.3, -0.25) is 0 Å². The highest BCUT2D eigenvalue weighted by Gasteiger charge is 2.05. The highest BCUT2D eigenvalue weighted by Crippen LogP contribution is 2.25. The fourth-order valence-corrected chi connectivity index (χ4v) is 1.49. The Morgan fingerprint density at radius 1 is 1.31 bits per heavy atom. The summed E-state index contributed by atoms with van der Waals surface area (Å²) in [4.78, 5) is 0. The quantitative estimate of drug-likeness (QED) is 0.875. The van der Waals surface area contributed by atoms with Gasteiger partial charge in [-0.05, 0) is 49.6 Å². The van der Waals surface area contributed by atoms with Gasteiger partial charge in [0.25, 0.3) is 0 Å². The summed E-state index contributed by atoms with van der Waals surface area (Å²) in [6.45, 7) is -0.0337. The van der Waals surface area contributed by atoms with Crippen LogP contribution < -0.4 is 5.73 Å². The van der Waals surface area contributed by atoms with Crippen LogP contribution in [0.1, 0.15) is 11.6 Å². The predicted octanol–water partition coefficient (Wildman–Crippen LogP) is 2.63. The first-order valence-electron chi connectivity index (χ1n) is 3.46. The maximum Gasteiger partial charge on any atom is 0.0624 e. The first-order chi connectivity index (χ1) is 5.65. The van der Waals surface area contributed by atoms with Crippen molar-refractivity contribution in [1.29, 1.82) is 0 Å². The van der Waals surface area contributed by atoms with Crippen molar-refractivity contribution in [2.45, 2.75) is 6.04 Å². The standard InChI is InChI=1S/C8H9Br2NO.ClH/c9-6-2-1-5(3-7(6)10)8(11)4-12;/h1-3,8,12H,4,11H2;1H/t8-;/m1./s1. The van der Waals surface area contributed by atoms with Crippen molar-refractivity contribution in [2.75, 3.05) is 6.61 Å².